The van der Waals surface area contributed by atoms with Crippen LogP contribution in [0.2, 0.25) is 0 Å². The van der Waals surface area contributed by atoms with Gasteiger partial charge in [0.25, 0.3) is 0 Å². The van der Waals surface area contributed by atoms with Gasteiger partial charge in [-0.1, -0.05) is 34.6 Å². The molecule has 0 bridgehead atoms. The molecule has 0 aromatic carbocycles. The second-order valence-electron chi connectivity index (χ2n) is 8.97. The molecule has 2 unspecified atom stereocenters. The lowest BCUT2D eigenvalue weighted by Crippen LogP contribution is -2.43. The molecule has 2 atom stereocenters. The van der Waals surface area contributed by atoms with Gasteiger partial charge in [0.2, 0.25) is 0 Å². The number of urea groups is 2. The lowest BCUT2D eigenvalue weighted by atomic mass is 10.0. The Kier molecular flexibility index (Phi) is 7.30. The quantitative estimate of drug-likeness (QED) is 0.670. The number of nitrogens with one attached hydrogen (secondary N) is 1. The average molecular weight is 407 g/mol. The predicted octanol–water partition coefficient (Wildman–Crippen LogP) is 3.33. The zero-order valence-electron chi connectivity index (χ0n) is 19.3. The number of aliphatic imine (C=N–C) groups is 1. The van der Waals surface area contributed by atoms with Crippen LogP contribution in [0.15, 0.2) is 4.99 Å². The third kappa shape index (κ3) is 4.26. The summed E-state index contributed by atoms with van der Waals surface area (Å²) in [4.78, 5) is 37.2. The molecule has 8 nitrogen and oxygen atoms in total. The van der Waals surface area contributed by atoms with Crippen LogP contribution in [0.5, 0.6) is 0 Å². The summed E-state index contributed by atoms with van der Waals surface area (Å²) >= 11 is 0. The molecule has 29 heavy (non-hydrogen) atoms. The van der Waals surface area contributed by atoms with Crippen LogP contribution in [0.4, 0.5) is 9.59 Å². The number of nitrogens with zero attached hydrogens (tertiary/aromatic N) is 5. The lowest BCUT2D eigenvalue weighted by Gasteiger charge is -2.29. The van der Waals surface area contributed by atoms with Crippen LogP contribution in [0.1, 0.15) is 54.9 Å². The molecule has 2 heterocycles. The summed E-state index contributed by atoms with van der Waals surface area (Å²) in [5.41, 5.74) is 0. The molecule has 2 aliphatic heterocycles. The zero-order chi connectivity index (χ0) is 22.0. The normalized spacial score (nSPS) is 24.7. The van der Waals surface area contributed by atoms with E-state index in [4.69, 9.17) is 10.4 Å². The van der Waals surface area contributed by atoms with Crippen LogP contribution in [0, 0.1) is 17.2 Å². The van der Waals surface area contributed by atoms with Crippen molar-refractivity contribution in [3.05, 3.63) is 0 Å². The highest BCUT2D eigenvalue weighted by Crippen LogP contribution is 2.27. The number of amides is 4. The lowest BCUT2D eigenvalue weighted by molar-refractivity contribution is 0.166. The SMILES string of the molecule is CCCN1C(=N)C(C(C)C)N(CCN=C2C(C(C)C)N(C(C)C)C(=O)N2C)C1=O. The fourth-order valence-electron chi connectivity index (χ4n) is 4.38. The molecule has 0 saturated carbocycles. The molecule has 8 heteroatoms. The largest absolute Gasteiger partial charge is 0.326 e. The van der Waals surface area contributed by atoms with E-state index in [0.29, 0.717) is 25.5 Å². The van der Waals surface area contributed by atoms with Crippen LogP contribution in [-0.2, 0) is 0 Å². The van der Waals surface area contributed by atoms with Gasteiger partial charge in [-0.2, -0.15) is 0 Å². The van der Waals surface area contributed by atoms with Gasteiger partial charge in [-0.15, -0.1) is 0 Å². The first-order valence-corrected chi connectivity index (χ1v) is 10.8. The highest BCUT2D eigenvalue weighted by molar-refractivity contribution is 6.07. The first-order chi connectivity index (χ1) is 13.5. The Morgan fingerprint density at radius 1 is 0.966 bits per heavy atom. The van der Waals surface area contributed by atoms with Gasteiger partial charge >= 0.3 is 12.1 Å². The second-order valence-corrected chi connectivity index (χ2v) is 8.97. The van der Waals surface area contributed by atoms with Crippen LogP contribution >= 0.6 is 0 Å². The summed E-state index contributed by atoms with van der Waals surface area (Å²) in [7, 11) is 1.77. The monoisotopic (exact) mass is 406 g/mol. The van der Waals surface area contributed by atoms with Crippen molar-refractivity contribution < 1.29 is 9.59 Å². The Balaban J connectivity index is 2.21. The molecule has 2 saturated heterocycles. The van der Waals surface area contributed by atoms with Crippen LogP contribution in [0.25, 0.3) is 0 Å². The summed E-state index contributed by atoms with van der Waals surface area (Å²) < 4.78 is 0. The van der Waals surface area contributed by atoms with Gasteiger partial charge in [0.05, 0.1) is 18.6 Å². The number of carbonyl (C=O) groups is 2. The van der Waals surface area contributed by atoms with Gasteiger partial charge in [0.1, 0.15) is 11.7 Å². The Hall–Kier alpha value is -2.12. The van der Waals surface area contributed by atoms with Crippen molar-refractivity contribution in [3.63, 3.8) is 0 Å². The predicted molar refractivity (Wildman–Crippen MR) is 117 cm³/mol. The minimum atomic E-state index is -0.217. The molecular weight excluding hydrogens is 368 g/mol. The number of amidine groups is 2. The molecule has 4 amide bonds. The summed E-state index contributed by atoms with van der Waals surface area (Å²) in [5.74, 6) is 1.57. The van der Waals surface area contributed by atoms with E-state index in [1.54, 1.807) is 21.7 Å². The van der Waals surface area contributed by atoms with Crippen LogP contribution in [-0.4, -0.2) is 88.1 Å². The number of likely N-dealkylation sites (N-methyl/N-ethyl adjacent to an activating group) is 1. The van der Waals surface area contributed by atoms with Gasteiger partial charge in [-0.05, 0) is 32.1 Å². The van der Waals surface area contributed by atoms with E-state index in [-0.39, 0.29) is 42.0 Å². The first-order valence-electron chi connectivity index (χ1n) is 10.8. The second kappa shape index (κ2) is 9.13. The molecule has 1 N–H and O–H groups in total. The van der Waals surface area contributed by atoms with Gasteiger partial charge in [0.15, 0.2) is 0 Å². The summed E-state index contributed by atoms with van der Waals surface area (Å²) in [5, 5.41) is 8.45. The van der Waals surface area contributed by atoms with E-state index in [2.05, 4.69) is 13.8 Å². The summed E-state index contributed by atoms with van der Waals surface area (Å²) in [6.07, 6.45) is 0.823. The number of hydrogen-bond donors (Lipinski definition) is 1. The molecule has 0 aliphatic carbocycles. The van der Waals surface area contributed by atoms with Crippen molar-refractivity contribution in [2.75, 3.05) is 26.7 Å². The van der Waals surface area contributed by atoms with E-state index in [1.807, 2.05) is 39.5 Å². The first kappa shape index (κ1) is 23.2. The van der Waals surface area contributed by atoms with Crippen molar-refractivity contribution in [2.45, 2.75) is 73.0 Å². The van der Waals surface area contributed by atoms with Gasteiger partial charge in [-0.25, -0.2) is 9.59 Å². The van der Waals surface area contributed by atoms with Crippen molar-refractivity contribution in [1.82, 2.24) is 19.6 Å². The average Bonchev–Trinajstić information content (AvgIpc) is 3.02. The highest BCUT2D eigenvalue weighted by atomic mass is 16.2. The van der Waals surface area contributed by atoms with E-state index in [0.717, 1.165) is 12.3 Å². The Labute approximate surface area is 175 Å². The van der Waals surface area contributed by atoms with Gasteiger partial charge < -0.3 is 9.80 Å². The number of carbonyl (C=O) groups excluding carboxylic acids is 2. The maximum absolute atomic E-state index is 12.9. The molecule has 2 fully saturated rings. The van der Waals surface area contributed by atoms with Crippen molar-refractivity contribution in [2.24, 2.45) is 16.8 Å². The standard InChI is InChI=1S/C21H38N6O2/c1-9-11-26-18(22)16(13(2)3)25(21(26)29)12-10-23-19-17(14(4)5)27(15(6)7)20(28)24(19)8/h13-17,22H,9-12H2,1-8H3. The van der Waals surface area contributed by atoms with E-state index >= 15 is 0 Å². The topological polar surface area (TPSA) is 83.3 Å². The smallest absolute Gasteiger partial charge is 0.312 e. The van der Waals surface area contributed by atoms with Gasteiger partial charge in [-0.3, -0.25) is 20.2 Å². The summed E-state index contributed by atoms with van der Waals surface area (Å²) in [6, 6.07) is -0.303. The molecule has 2 aliphatic rings. The van der Waals surface area contributed by atoms with E-state index in [9.17, 15) is 9.59 Å². The fourth-order valence-corrected chi connectivity index (χ4v) is 4.38. The Morgan fingerprint density at radius 3 is 2.03 bits per heavy atom. The zero-order valence-corrected chi connectivity index (χ0v) is 19.3. The van der Waals surface area contributed by atoms with Gasteiger partial charge in [0, 0.05) is 26.2 Å². The van der Waals surface area contributed by atoms with Crippen LogP contribution in [0.3, 0.4) is 0 Å². The Morgan fingerprint density at radius 2 is 1.55 bits per heavy atom. The van der Waals surface area contributed by atoms with E-state index in [1.165, 1.54) is 0 Å². The third-order valence-corrected chi connectivity index (χ3v) is 5.68. The third-order valence-electron chi connectivity index (χ3n) is 5.68. The van der Waals surface area contributed by atoms with E-state index < -0.39 is 0 Å². The summed E-state index contributed by atoms with van der Waals surface area (Å²) in [6.45, 7) is 15.8. The molecule has 0 aromatic rings. The molecule has 2 rings (SSSR count). The van der Waals surface area contributed by atoms with Crippen LogP contribution < -0.4 is 0 Å². The number of hydrogen-bond acceptors (Lipinski definition) is 4. The maximum Gasteiger partial charge on any atom is 0.326 e. The van der Waals surface area contributed by atoms with Crippen molar-refractivity contribution in [1.29, 1.82) is 5.41 Å². The number of rotatable bonds is 8. The molecule has 0 aromatic heterocycles. The Bertz CT molecular complexity index is 672. The van der Waals surface area contributed by atoms with Crippen molar-refractivity contribution in [3.8, 4) is 0 Å². The molecule has 0 radical (unpaired) electrons. The molecule has 0 spiro atoms. The van der Waals surface area contributed by atoms with Crippen molar-refractivity contribution >= 4 is 23.7 Å². The molecular formula is C21H38N6O2. The minimum absolute atomic E-state index is 0.0225. The highest BCUT2D eigenvalue weighted by Gasteiger charge is 2.45. The fraction of sp³-hybridized carbons (Fsp3) is 0.810. The minimum Gasteiger partial charge on any atom is -0.312 e. The molecule has 164 valence electrons. The maximum atomic E-state index is 12.9.